The second kappa shape index (κ2) is 9.70. The van der Waals surface area contributed by atoms with E-state index < -0.39 is 12.2 Å². The molecule has 2 aromatic carbocycles. The summed E-state index contributed by atoms with van der Waals surface area (Å²) in [6, 6.07) is 10.9. The Morgan fingerprint density at radius 1 is 1.06 bits per heavy atom. The SMILES string of the molecule is C[C@H]1C(O)[C@@H](O)[C@H](c2cc3c(c(CCc4ccc5c(c4)[I-]CCO5)c2)OCC3)S[C@@H]1CO. The normalized spacial score (nSPS) is 29.3. The molecule has 3 heterocycles. The van der Waals surface area contributed by atoms with Crippen molar-refractivity contribution in [2.75, 3.05) is 24.2 Å². The smallest absolute Gasteiger partial charge is 0.395 e. The number of fused-ring (bicyclic) bond motifs is 2. The van der Waals surface area contributed by atoms with Crippen molar-refractivity contribution in [2.45, 2.75) is 48.9 Å². The average Bonchev–Trinajstić information content (AvgIpc) is 3.30. The maximum absolute atomic E-state index is 10.8. The van der Waals surface area contributed by atoms with Crippen LogP contribution in [-0.4, -0.2) is 57.0 Å². The zero-order chi connectivity index (χ0) is 22.2. The van der Waals surface area contributed by atoms with E-state index in [2.05, 4.69) is 30.3 Å². The Morgan fingerprint density at radius 2 is 1.94 bits per heavy atom. The fourth-order valence-electron chi connectivity index (χ4n) is 4.84. The zero-order valence-electron chi connectivity index (χ0n) is 18.2. The van der Waals surface area contributed by atoms with Crippen LogP contribution in [0.25, 0.3) is 0 Å². The first kappa shape index (κ1) is 22.8. The van der Waals surface area contributed by atoms with Crippen molar-refractivity contribution < 1.29 is 46.0 Å². The number of aliphatic hydroxyl groups is 3. The first-order valence-corrected chi connectivity index (χ1v) is 14.9. The van der Waals surface area contributed by atoms with Gasteiger partial charge in [0.05, 0.1) is 0 Å². The van der Waals surface area contributed by atoms with Crippen LogP contribution in [0, 0.1) is 9.49 Å². The van der Waals surface area contributed by atoms with Gasteiger partial charge in [-0.3, -0.25) is 0 Å². The number of benzene rings is 2. The van der Waals surface area contributed by atoms with Crippen molar-refractivity contribution >= 4 is 11.8 Å². The Labute approximate surface area is 203 Å². The molecule has 0 bridgehead atoms. The van der Waals surface area contributed by atoms with E-state index in [1.54, 1.807) is 11.8 Å². The van der Waals surface area contributed by atoms with E-state index in [9.17, 15) is 15.3 Å². The van der Waals surface area contributed by atoms with Gasteiger partial charge in [-0.25, -0.2) is 0 Å². The molecule has 2 aromatic rings. The van der Waals surface area contributed by atoms with Gasteiger partial charge in [-0.15, -0.1) is 0 Å². The molecule has 0 aliphatic carbocycles. The number of alkyl halides is 1. The molecule has 3 aliphatic rings. The van der Waals surface area contributed by atoms with Crippen LogP contribution in [-0.2, 0) is 19.3 Å². The number of aryl methyl sites for hydroxylation is 2. The summed E-state index contributed by atoms with van der Waals surface area (Å²) in [5, 5.41) is 30.9. The molecule has 0 amide bonds. The number of thioether (sulfide) groups is 1. The van der Waals surface area contributed by atoms with E-state index in [-0.39, 0.29) is 44.2 Å². The quantitative estimate of drug-likeness (QED) is 0.335. The van der Waals surface area contributed by atoms with Gasteiger partial charge in [0.15, 0.2) is 0 Å². The summed E-state index contributed by atoms with van der Waals surface area (Å²) in [7, 11) is 0. The van der Waals surface area contributed by atoms with E-state index in [4.69, 9.17) is 9.47 Å². The minimum Gasteiger partial charge on any atom is -0.395 e. The summed E-state index contributed by atoms with van der Waals surface area (Å²) in [5.74, 6) is 1.91. The average molecular weight is 569 g/mol. The molecule has 0 spiro atoms. The van der Waals surface area contributed by atoms with E-state index in [1.807, 2.05) is 6.92 Å². The van der Waals surface area contributed by atoms with Gasteiger partial charge in [-0.1, -0.05) is 6.92 Å². The van der Waals surface area contributed by atoms with E-state index in [0.717, 1.165) is 42.9 Å². The number of rotatable bonds is 5. The van der Waals surface area contributed by atoms with Crippen molar-refractivity contribution in [3.63, 3.8) is 0 Å². The fourth-order valence-corrected chi connectivity index (χ4v) is 8.68. The molecule has 174 valence electrons. The topological polar surface area (TPSA) is 79.2 Å². The molecule has 32 heavy (non-hydrogen) atoms. The standard InChI is InChI=1S/C25H30IO5S/c1-14-21(13-27)32-25(23(29)22(14)28)18-11-16(24-17(12-18)6-8-31-24)4-2-15-3-5-20-19(10-15)26-7-9-30-20/h3,5,10-12,14,21-23,25,27-29H,2,4,6-9,13H2,1H3/q-1/t14-,21-,22?,23-,25+/m1/s1. The predicted octanol–water partition coefficient (Wildman–Crippen LogP) is -0.436. The van der Waals surface area contributed by atoms with Gasteiger partial charge in [0.25, 0.3) is 0 Å². The minimum atomic E-state index is -0.851. The molecule has 5 nitrogen and oxygen atoms in total. The molecular formula is C25H30IO5S-. The first-order chi connectivity index (χ1) is 15.5. The number of ether oxygens (including phenoxy) is 2. The Hall–Kier alpha value is -1.000. The molecule has 1 saturated heterocycles. The second-order valence-corrected chi connectivity index (χ2v) is 13.2. The number of hydrogen-bond acceptors (Lipinski definition) is 6. The molecular weight excluding hydrogens is 539 g/mol. The van der Waals surface area contributed by atoms with Gasteiger partial charge >= 0.3 is 192 Å². The van der Waals surface area contributed by atoms with Crippen LogP contribution < -0.4 is 30.7 Å². The van der Waals surface area contributed by atoms with Gasteiger partial charge in [0, 0.05) is 0 Å². The van der Waals surface area contributed by atoms with Gasteiger partial charge < -0.3 is 5.11 Å². The molecule has 1 unspecified atom stereocenters. The molecule has 3 N–H and O–H groups in total. The molecule has 5 rings (SSSR count). The minimum absolute atomic E-state index is 0.00229. The number of halogens is 1. The van der Waals surface area contributed by atoms with Crippen LogP contribution in [0.5, 0.6) is 11.5 Å². The third-order valence-corrected chi connectivity index (χ3v) is 11.2. The summed E-state index contributed by atoms with van der Waals surface area (Å²) >= 11 is 1.63. The maximum atomic E-state index is 10.8. The number of aliphatic hydroxyl groups excluding tert-OH is 3. The molecule has 5 atom stereocenters. The second-order valence-electron chi connectivity index (χ2n) is 8.82. The Bertz CT molecular complexity index is 981. The Balaban J connectivity index is 1.40. The van der Waals surface area contributed by atoms with Gasteiger partial charge in [0.1, 0.15) is 0 Å². The van der Waals surface area contributed by atoms with E-state index >= 15 is 0 Å². The summed E-state index contributed by atoms with van der Waals surface area (Å²) in [4.78, 5) is 0. The third kappa shape index (κ3) is 4.39. The van der Waals surface area contributed by atoms with Crippen molar-refractivity contribution in [3.05, 3.63) is 56.2 Å². The van der Waals surface area contributed by atoms with Crippen LogP contribution in [0.15, 0.2) is 30.3 Å². The van der Waals surface area contributed by atoms with Crippen molar-refractivity contribution in [1.29, 1.82) is 0 Å². The molecule has 0 aromatic heterocycles. The van der Waals surface area contributed by atoms with Gasteiger partial charge in [-0.2, -0.15) is 0 Å². The van der Waals surface area contributed by atoms with Crippen LogP contribution in [0.3, 0.4) is 0 Å². The Kier molecular flexibility index (Phi) is 6.90. The monoisotopic (exact) mass is 569 g/mol. The first-order valence-electron chi connectivity index (χ1n) is 11.3. The number of hydrogen-bond donors (Lipinski definition) is 3. The predicted molar refractivity (Wildman–Crippen MR) is 121 cm³/mol. The molecule has 7 heteroatoms. The van der Waals surface area contributed by atoms with E-state index in [0.29, 0.717) is 6.61 Å². The van der Waals surface area contributed by atoms with Crippen molar-refractivity contribution in [1.82, 2.24) is 0 Å². The molecule has 1 fully saturated rings. The van der Waals surface area contributed by atoms with Crippen LogP contribution in [0.2, 0.25) is 0 Å². The summed E-state index contributed by atoms with van der Waals surface area (Å²) < 4.78 is 14.3. The molecule has 0 saturated carbocycles. The van der Waals surface area contributed by atoms with Crippen LogP contribution in [0.1, 0.15) is 34.4 Å². The van der Waals surface area contributed by atoms with E-state index in [1.165, 1.54) is 24.7 Å². The Morgan fingerprint density at radius 3 is 2.78 bits per heavy atom. The molecule has 3 aliphatic heterocycles. The van der Waals surface area contributed by atoms with Gasteiger partial charge in [0.2, 0.25) is 0 Å². The summed E-state index contributed by atoms with van der Waals surface area (Å²) in [6.07, 6.45) is 0.967. The summed E-state index contributed by atoms with van der Waals surface area (Å²) in [5.41, 5.74) is 4.70. The van der Waals surface area contributed by atoms with Crippen LogP contribution >= 0.6 is 11.8 Å². The molecule has 0 radical (unpaired) electrons. The van der Waals surface area contributed by atoms with Gasteiger partial charge in [-0.05, 0) is 0 Å². The summed E-state index contributed by atoms with van der Waals surface area (Å²) in [6.45, 7) is 3.43. The van der Waals surface area contributed by atoms with Crippen molar-refractivity contribution in [3.8, 4) is 11.5 Å². The fraction of sp³-hybridized carbons (Fsp3) is 0.520. The third-order valence-electron chi connectivity index (χ3n) is 6.75. The van der Waals surface area contributed by atoms with Crippen LogP contribution in [0.4, 0.5) is 0 Å². The van der Waals surface area contributed by atoms with Crippen molar-refractivity contribution in [2.24, 2.45) is 5.92 Å². The zero-order valence-corrected chi connectivity index (χ0v) is 21.1.